The van der Waals surface area contributed by atoms with Crippen LogP contribution in [0.5, 0.6) is 0 Å². The Hall–Kier alpha value is 0.390. The van der Waals surface area contributed by atoms with Gasteiger partial charge in [0.15, 0.2) is 0 Å². The smallest absolute Gasteiger partial charge is 0.314 e. The molecule has 0 fully saturated rings. The molecule has 0 aromatic heterocycles. The molecular weight excluding hydrogens is 259 g/mol. The molecule has 0 amide bonds. The van der Waals surface area contributed by atoms with Gasteiger partial charge in [-0.15, -0.1) is 11.6 Å². The van der Waals surface area contributed by atoms with Crippen LogP contribution in [0.3, 0.4) is 0 Å². The zero-order valence-corrected chi connectivity index (χ0v) is 11.4. The van der Waals surface area contributed by atoms with Gasteiger partial charge in [0, 0.05) is 24.2 Å². The van der Waals surface area contributed by atoms with Crippen LogP contribution in [0.25, 0.3) is 0 Å². The van der Waals surface area contributed by atoms with Crippen molar-refractivity contribution in [3.05, 3.63) is 0 Å². The Kier molecular flexibility index (Phi) is 7.14. The van der Waals surface area contributed by atoms with E-state index in [-0.39, 0.29) is 28.3 Å². The summed E-state index contributed by atoms with van der Waals surface area (Å²) in [5, 5.41) is 2.90. The first-order valence-corrected chi connectivity index (χ1v) is 6.58. The Morgan fingerprint density at radius 3 is 2.25 bits per heavy atom. The molecule has 6 heteroatoms. The average Bonchev–Trinajstić information content (AvgIpc) is 1.97. The molecule has 0 aliphatic rings. The highest BCUT2D eigenvalue weighted by Crippen LogP contribution is 2.29. The third-order valence-electron chi connectivity index (χ3n) is 1.74. The van der Waals surface area contributed by atoms with Crippen molar-refractivity contribution in [2.45, 2.75) is 38.1 Å². The molecule has 16 heavy (non-hydrogen) atoms. The van der Waals surface area contributed by atoms with E-state index in [1.54, 1.807) is 0 Å². The predicted molar refractivity (Wildman–Crippen MR) is 65.1 cm³/mol. The summed E-state index contributed by atoms with van der Waals surface area (Å²) < 4.78 is 35.3. The maximum atomic E-state index is 11.8. The minimum Gasteiger partial charge on any atom is -0.314 e. The van der Waals surface area contributed by atoms with Gasteiger partial charge in [-0.2, -0.15) is 13.2 Å². The van der Waals surface area contributed by atoms with Crippen LogP contribution >= 0.6 is 23.4 Å². The lowest BCUT2D eigenvalue weighted by Gasteiger charge is -2.22. The number of thioether (sulfide) groups is 1. The molecule has 0 spiro atoms. The molecular formula is C10H19ClF3NS. The van der Waals surface area contributed by atoms with Crippen LogP contribution in [-0.2, 0) is 0 Å². The van der Waals surface area contributed by atoms with Gasteiger partial charge in [0.2, 0.25) is 0 Å². The van der Waals surface area contributed by atoms with E-state index >= 15 is 0 Å². The van der Waals surface area contributed by atoms with Crippen LogP contribution in [0.1, 0.15) is 27.2 Å². The highest BCUT2D eigenvalue weighted by atomic mass is 35.5. The molecule has 1 atom stereocenters. The quantitative estimate of drug-likeness (QED) is 0.584. The zero-order valence-electron chi connectivity index (χ0n) is 9.83. The number of hydrogen-bond donors (Lipinski definition) is 1. The molecule has 0 saturated heterocycles. The lowest BCUT2D eigenvalue weighted by molar-refractivity contribution is -0.0327. The van der Waals surface area contributed by atoms with Gasteiger partial charge in [0.25, 0.3) is 0 Å². The van der Waals surface area contributed by atoms with Crippen molar-refractivity contribution in [1.82, 2.24) is 5.32 Å². The third kappa shape index (κ3) is 12.5. The van der Waals surface area contributed by atoms with Gasteiger partial charge in [0.05, 0.1) is 0 Å². The standard InChI is InChI=1S/C10H19ClF3NS/c1-9(2,3)6-8(11)7-15-4-5-16-10(12,13)14/h8,15H,4-7H2,1-3H3. The lowest BCUT2D eigenvalue weighted by Crippen LogP contribution is -2.28. The maximum absolute atomic E-state index is 11.8. The van der Waals surface area contributed by atoms with Gasteiger partial charge in [-0.25, -0.2) is 0 Å². The summed E-state index contributed by atoms with van der Waals surface area (Å²) in [4.78, 5) is 0. The number of alkyl halides is 4. The molecule has 1 nitrogen and oxygen atoms in total. The van der Waals surface area contributed by atoms with E-state index in [9.17, 15) is 13.2 Å². The fourth-order valence-corrected chi connectivity index (χ4v) is 2.28. The minimum absolute atomic E-state index is 0.00720. The Labute approximate surface area is 104 Å². The molecule has 1 N–H and O–H groups in total. The number of halogens is 4. The van der Waals surface area contributed by atoms with Crippen LogP contribution in [0.15, 0.2) is 0 Å². The molecule has 0 aromatic rings. The summed E-state index contributed by atoms with van der Waals surface area (Å²) in [5.74, 6) is 0.0304. The summed E-state index contributed by atoms with van der Waals surface area (Å²) in [7, 11) is 0. The maximum Gasteiger partial charge on any atom is 0.441 e. The van der Waals surface area contributed by atoms with Crippen molar-refractivity contribution in [2.75, 3.05) is 18.8 Å². The monoisotopic (exact) mass is 277 g/mol. The molecule has 0 heterocycles. The van der Waals surface area contributed by atoms with Crippen molar-refractivity contribution in [1.29, 1.82) is 0 Å². The SMILES string of the molecule is CC(C)(C)CC(Cl)CNCCSC(F)(F)F. The van der Waals surface area contributed by atoms with Crippen molar-refractivity contribution >= 4 is 23.4 Å². The van der Waals surface area contributed by atoms with E-state index < -0.39 is 5.51 Å². The van der Waals surface area contributed by atoms with Gasteiger partial charge >= 0.3 is 5.51 Å². The Morgan fingerprint density at radius 2 is 1.81 bits per heavy atom. The number of rotatable bonds is 6. The molecule has 0 radical (unpaired) electrons. The first-order chi connectivity index (χ1) is 7.10. The summed E-state index contributed by atoms with van der Waals surface area (Å²) in [6.45, 7) is 7.14. The van der Waals surface area contributed by atoms with Crippen molar-refractivity contribution < 1.29 is 13.2 Å². The molecule has 0 aliphatic carbocycles. The molecule has 0 bridgehead atoms. The van der Waals surface area contributed by atoms with Gasteiger partial charge in [-0.3, -0.25) is 0 Å². The van der Waals surface area contributed by atoms with Crippen LogP contribution in [0.2, 0.25) is 0 Å². The second-order valence-electron chi connectivity index (χ2n) is 4.86. The summed E-state index contributed by atoms with van der Waals surface area (Å²) in [6, 6.07) is 0. The largest absolute Gasteiger partial charge is 0.441 e. The lowest BCUT2D eigenvalue weighted by atomic mass is 9.90. The highest BCUT2D eigenvalue weighted by Gasteiger charge is 2.27. The summed E-state index contributed by atoms with van der Waals surface area (Å²) in [5.41, 5.74) is -3.98. The van der Waals surface area contributed by atoms with Crippen molar-refractivity contribution in [2.24, 2.45) is 5.41 Å². The summed E-state index contributed by atoms with van der Waals surface area (Å²) in [6.07, 6.45) is 0.841. The van der Waals surface area contributed by atoms with Crippen LogP contribution < -0.4 is 5.32 Å². The van der Waals surface area contributed by atoms with Crippen LogP contribution in [0.4, 0.5) is 13.2 Å². The fourth-order valence-electron chi connectivity index (χ4n) is 1.23. The van der Waals surface area contributed by atoms with Gasteiger partial charge in [-0.1, -0.05) is 20.8 Å². The van der Waals surface area contributed by atoms with E-state index in [4.69, 9.17) is 11.6 Å². The van der Waals surface area contributed by atoms with Crippen LogP contribution in [-0.4, -0.2) is 29.7 Å². The molecule has 1 unspecified atom stereocenters. The molecule has 0 rings (SSSR count). The minimum atomic E-state index is -4.13. The van der Waals surface area contributed by atoms with Gasteiger partial charge < -0.3 is 5.32 Å². The van der Waals surface area contributed by atoms with Crippen molar-refractivity contribution in [3.8, 4) is 0 Å². The first kappa shape index (κ1) is 16.4. The van der Waals surface area contributed by atoms with Crippen molar-refractivity contribution in [3.63, 3.8) is 0 Å². The Morgan fingerprint density at radius 1 is 1.25 bits per heavy atom. The molecule has 0 saturated carbocycles. The first-order valence-electron chi connectivity index (χ1n) is 5.16. The topological polar surface area (TPSA) is 12.0 Å². The fraction of sp³-hybridized carbons (Fsp3) is 1.00. The predicted octanol–water partition coefficient (Wildman–Crippen LogP) is 3.87. The van der Waals surface area contributed by atoms with E-state index in [1.807, 2.05) is 0 Å². The zero-order chi connectivity index (χ0) is 12.8. The van der Waals surface area contributed by atoms with E-state index in [0.717, 1.165) is 6.42 Å². The number of hydrogen-bond acceptors (Lipinski definition) is 2. The Bertz CT molecular complexity index is 191. The molecule has 98 valence electrons. The second kappa shape index (κ2) is 6.97. The average molecular weight is 278 g/mol. The van der Waals surface area contributed by atoms with Crippen LogP contribution in [0, 0.1) is 5.41 Å². The summed E-state index contributed by atoms with van der Waals surface area (Å²) >= 11 is 6.04. The van der Waals surface area contributed by atoms with E-state index in [2.05, 4.69) is 26.1 Å². The van der Waals surface area contributed by atoms with E-state index in [0.29, 0.717) is 13.1 Å². The molecule has 0 aromatic carbocycles. The highest BCUT2D eigenvalue weighted by molar-refractivity contribution is 8.00. The normalized spacial score (nSPS) is 15.2. The third-order valence-corrected chi connectivity index (χ3v) is 2.79. The second-order valence-corrected chi connectivity index (χ2v) is 6.64. The van der Waals surface area contributed by atoms with Gasteiger partial charge in [-0.05, 0) is 23.6 Å². The Balaban J connectivity index is 3.45. The molecule has 0 aliphatic heterocycles. The van der Waals surface area contributed by atoms with Gasteiger partial charge in [0.1, 0.15) is 0 Å². The number of nitrogens with one attached hydrogen (secondary N) is 1. The van der Waals surface area contributed by atoms with E-state index in [1.165, 1.54) is 0 Å².